The lowest BCUT2D eigenvalue weighted by molar-refractivity contribution is -0.135. The quantitative estimate of drug-likeness (QED) is 0.570. The summed E-state index contributed by atoms with van der Waals surface area (Å²) in [5.74, 6) is 2.16. The van der Waals surface area contributed by atoms with E-state index in [0.29, 0.717) is 67.8 Å². The second-order valence-corrected chi connectivity index (χ2v) is 10.9. The summed E-state index contributed by atoms with van der Waals surface area (Å²) in [5, 5.41) is 6.00. The number of piperidine rings is 1. The maximum Gasteiger partial charge on any atom is 0.258 e. The van der Waals surface area contributed by atoms with Crippen molar-refractivity contribution in [1.82, 2.24) is 15.5 Å². The summed E-state index contributed by atoms with van der Waals surface area (Å²) in [5.41, 5.74) is 1.70. The summed E-state index contributed by atoms with van der Waals surface area (Å²) in [6.45, 7) is 5.14. The Balaban J connectivity index is 1.59. The number of carbonyl (C=O) groups excluding carboxylic acids is 3. The van der Waals surface area contributed by atoms with E-state index in [2.05, 4.69) is 24.5 Å². The third-order valence-electron chi connectivity index (χ3n) is 7.43. The van der Waals surface area contributed by atoms with Crippen LogP contribution in [0.2, 0.25) is 0 Å². The molecule has 10 heteroatoms. The van der Waals surface area contributed by atoms with Crippen LogP contribution >= 0.6 is 0 Å². The average molecular weight is 568 g/mol. The molecule has 3 aliphatic rings. The van der Waals surface area contributed by atoms with E-state index < -0.39 is 6.04 Å². The number of carbonyl (C=O) groups is 3. The summed E-state index contributed by atoms with van der Waals surface area (Å²) in [7, 11) is 3.11. The van der Waals surface area contributed by atoms with Crippen molar-refractivity contribution in [2.75, 3.05) is 33.9 Å². The van der Waals surface area contributed by atoms with E-state index in [1.165, 1.54) is 7.11 Å². The molecule has 0 saturated carbocycles. The molecule has 4 bridgehead atoms. The normalized spacial score (nSPS) is 19.9. The van der Waals surface area contributed by atoms with Gasteiger partial charge in [0.1, 0.15) is 17.6 Å². The lowest BCUT2D eigenvalue weighted by Crippen LogP contribution is -2.58. The maximum atomic E-state index is 13.1. The van der Waals surface area contributed by atoms with E-state index in [4.69, 9.17) is 18.9 Å². The van der Waals surface area contributed by atoms with E-state index in [1.54, 1.807) is 25.3 Å². The lowest BCUT2D eigenvalue weighted by atomic mass is 10.00. The van der Waals surface area contributed by atoms with Crippen molar-refractivity contribution in [2.45, 2.75) is 64.6 Å². The smallest absolute Gasteiger partial charge is 0.258 e. The number of benzene rings is 2. The van der Waals surface area contributed by atoms with Crippen LogP contribution in [0.3, 0.4) is 0 Å². The van der Waals surface area contributed by atoms with Crippen molar-refractivity contribution >= 4 is 17.7 Å². The Morgan fingerprint density at radius 2 is 1.85 bits per heavy atom. The molecule has 3 heterocycles. The van der Waals surface area contributed by atoms with Crippen molar-refractivity contribution in [3.8, 4) is 23.0 Å². The zero-order valence-corrected chi connectivity index (χ0v) is 24.4. The van der Waals surface area contributed by atoms with Crippen molar-refractivity contribution in [1.29, 1.82) is 0 Å². The molecule has 0 unspecified atom stereocenters. The van der Waals surface area contributed by atoms with Crippen LogP contribution in [0.15, 0.2) is 36.4 Å². The van der Waals surface area contributed by atoms with Crippen molar-refractivity contribution in [2.24, 2.45) is 5.92 Å². The molecule has 5 rings (SSSR count). The molecule has 2 aromatic carbocycles. The standard InChI is InChI=1S/C31H41N3O7/c1-20(2)5-12-31(37)34-14-13-25-24(18-34)33-30(36)19-40-28-15-21(6-10-26(28)38-3)7-11-29(35)32-17-22-8-9-23(41-25)16-27(22)39-4/h6,8-10,15-16,20,24-25H,5,7,11-14,17-19H2,1-4H3,(H,32,35)(H,33,36)/t24-,25+/m1/s1. The fraction of sp³-hybridized carbons (Fsp3) is 0.516. The second-order valence-electron chi connectivity index (χ2n) is 10.9. The number of nitrogens with one attached hydrogen (secondary N) is 2. The second kappa shape index (κ2) is 14.1. The molecule has 0 spiro atoms. The zero-order valence-electron chi connectivity index (χ0n) is 24.4. The Morgan fingerprint density at radius 1 is 1.05 bits per heavy atom. The van der Waals surface area contributed by atoms with Gasteiger partial charge < -0.3 is 34.5 Å². The monoisotopic (exact) mass is 567 g/mol. The Hall–Kier alpha value is -3.95. The fourth-order valence-electron chi connectivity index (χ4n) is 5.05. The molecule has 222 valence electrons. The van der Waals surface area contributed by atoms with Crippen LogP contribution in [0.1, 0.15) is 50.7 Å². The predicted octanol–water partition coefficient (Wildman–Crippen LogP) is 3.25. The van der Waals surface area contributed by atoms with Gasteiger partial charge >= 0.3 is 0 Å². The van der Waals surface area contributed by atoms with E-state index >= 15 is 0 Å². The third-order valence-corrected chi connectivity index (χ3v) is 7.43. The largest absolute Gasteiger partial charge is 0.496 e. The summed E-state index contributed by atoms with van der Waals surface area (Å²) >= 11 is 0. The van der Waals surface area contributed by atoms with Crippen LogP contribution in [0, 0.1) is 5.92 Å². The van der Waals surface area contributed by atoms with E-state index in [0.717, 1.165) is 17.5 Å². The molecule has 0 aromatic heterocycles. The van der Waals surface area contributed by atoms with Crippen LogP contribution in [-0.2, 0) is 27.3 Å². The van der Waals surface area contributed by atoms with Crippen molar-refractivity contribution < 1.29 is 33.3 Å². The lowest BCUT2D eigenvalue weighted by Gasteiger charge is -2.39. The van der Waals surface area contributed by atoms with E-state index in [-0.39, 0.29) is 36.9 Å². The average Bonchev–Trinajstić information content (AvgIpc) is 2.97. The highest BCUT2D eigenvalue weighted by Gasteiger charge is 2.34. The number of fused-ring (bicyclic) bond motifs is 9. The zero-order chi connectivity index (χ0) is 29.4. The molecule has 1 fully saturated rings. The molecule has 10 nitrogen and oxygen atoms in total. The Labute approximate surface area is 241 Å². The minimum atomic E-state index is -0.442. The molecule has 41 heavy (non-hydrogen) atoms. The first-order valence-corrected chi connectivity index (χ1v) is 14.2. The first kappa shape index (κ1) is 30.0. The minimum absolute atomic E-state index is 0.0767. The number of ether oxygens (including phenoxy) is 4. The van der Waals surface area contributed by atoms with Gasteiger partial charge in [0.05, 0.1) is 20.3 Å². The SMILES string of the molecule is COc1cc2ccc1CNC(=O)CCc1ccc(OC)c(c1)OCC(=O)N[C@@H]1CN(C(=O)CCC(C)C)CC[C@@H]1O2. The number of methoxy groups -OCH3 is 2. The summed E-state index contributed by atoms with van der Waals surface area (Å²) in [6, 6.07) is 10.5. The first-order valence-electron chi connectivity index (χ1n) is 14.2. The maximum absolute atomic E-state index is 13.1. The number of hydrogen-bond donors (Lipinski definition) is 2. The number of nitrogens with zero attached hydrogens (tertiary/aromatic N) is 1. The van der Waals surface area contributed by atoms with Crippen molar-refractivity contribution in [3.05, 3.63) is 47.5 Å². The Kier molecular flexibility index (Phi) is 10.3. The number of aryl methyl sites for hydroxylation is 1. The first-order chi connectivity index (χ1) is 19.7. The molecule has 2 N–H and O–H groups in total. The number of amides is 3. The number of likely N-dealkylation sites (tertiary alicyclic amines) is 1. The third kappa shape index (κ3) is 8.28. The van der Waals surface area contributed by atoms with Gasteiger partial charge in [0.15, 0.2) is 18.1 Å². The number of hydrogen-bond acceptors (Lipinski definition) is 7. The van der Waals surface area contributed by atoms with Crippen LogP contribution in [-0.4, -0.2) is 68.7 Å². The van der Waals surface area contributed by atoms with Gasteiger partial charge in [0.25, 0.3) is 5.91 Å². The van der Waals surface area contributed by atoms with Crippen LogP contribution < -0.4 is 29.6 Å². The van der Waals surface area contributed by atoms with E-state index in [1.807, 2.05) is 23.1 Å². The van der Waals surface area contributed by atoms with Gasteiger partial charge in [0.2, 0.25) is 11.8 Å². The molecule has 2 atom stereocenters. The number of rotatable bonds is 5. The van der Waals surface area contributed by atoms with Crippen molar-refractivity contribution in [3.63, 3.8) is 0 Å². The van der Waals surface area contributed by atoms with Gasteiger partial charge in [0, 0.05) is 50.5 Å². The molecular formula is C31H41N3O7. The Morgan fingerprint density at radius 3 is 2.61 bits per heavy atom. The Bertz CT molecular complexity index is 1230. The van der Waals surface area contributed by atoms with Gasteiger partial charge in [-0.15, -0.1) is 0 Å². The molecule has 0 radical (unpaired) electrons. The highest BCUT2D eigenvalue weighted by Crippen LogP contribution is 2.30. The molecule has 2 aromatic rings. The highest BCUT2D eigenvalue weighted by atomic mass is 16.5. The van der Waals surface area contributed by atoms with Crippen LogP contribution in [0.4, 0.5) is 0 Å². The van der Waals surface area contributed by atoms with Gasteiger partial charge in [-0.2, -0.15) is 0 Å². The summed E-state index contributed by atoms with van der Waals surface area (Å²) in [6.07, 6.45) is 2.24. The topological polar surface area (TPSA) is 115 Å². The molecule has 3 amide bonds. The predicted molar refractivity (Wildman–Crippen MR) is 153 cm³/mol. The van der Waals surface area contributed by atoms with E-state index in [9.17, 15) is 14.4 Å². The molecule has 0 aliphatic carbocycles. The molecule has 1 saturated heterocycles. The van der Waals surface area contributed by atoms with Gasteiger partial charge in [-0.3, -0.25) is 14.4 Å². The fourth-order valence-corrected chi connectivity index (χ4v) is 5.05. The highest BCUT2D eigenvalue weighted by molar-refractivity contribution is 5.79. The van der Waals surface area contributed by atoms with Crippen LogP contribution in [0.25, 0.3) is 0 Å². The van der Waals surface area contributed by atoms with Gasteiger partial charge in [-0.25, -0.2) is 0 Å². The molecule has 3 aliphatic heterocycles. The van der Waals surface area contributed by atoms with Gasteiger partial charge in [-0.1, -0.05) is 19.9 Å². The van der Waals surface area contributed by atoms with Gasteiger partial charge in [-0.05, 0) is 48.6 Å². The minimum Gasteiger partial charge on any atom is -0.496 e. The summed E-state index contributed by atoms with van der Waals surface area (Å²) in [4.78, 5) is 40.4. The summed E-state index contributed by atoms with van der Waals surface area (Å²) < 4.78 is 23.2. The molecular weight excluding hydrogens is 526 g/mol. The van der Waals surface area contributed by atoms with Crippen LogP contribution in [0.5, 0.6) is 23.0 Å².